The second-order valence-corrected chi connectivity index (χ2v) is 9.26. The van der Waals surface area contributed by atoms with Crippen molar-refractivity contribution < 1.29 is 9.90 Å². The molecule has 158 valence electrons. The van der Waals surface area contributed by atoms with Gasteiger partial charge in [-0.1, -0.05) is 32.9 Å². The second kappa shape index (κ2) is 8.53. The van der Waals surface area contributed by atoms with Crippen molar-refractivity contribution in [1.29, 1.82) is 0 Å². The molecule has 1 fully saturated rings. The summed E-state index contributed by atoms with van der Waals surface area (Å²) in [6.45, 7) is 9.99. The molecule has 7 nitrogen and oxygen atoms in total. The molecule has 1 saturated heterocycles. The molecule has 0 spiro atoms. The van der Waals surface area contributed by atoms with E-state index in [0.717, 1.165) is 36.8 Å². The zero-order valence-corrected chi connectivity index (χ0v) is 17.7. The van der Waals surface area contributed by atoms with E-state index in [2.05, 4.69) is 22.5 Å². The fourth-order valence-corrected chi connectivity index (χ4v) is 4.22. The fourth-order valence-electron chi connectivity index (χ4n) is 4.22. The lowest BCUT2D eigenvalue weighted by molar-refractivity contribution is -0.138. The lowest BCUT2D eigenvalue weighted by atomic mass is 9.88. The molecule has 0 radical (unpaired) electrons. The average Bonchev–Trinajstić information content (AvgIpc) is 2.66. The third-order valence-electron chi connectivity index (χ3n) is 5.73. The van der Waals surface area contributed by atoms with Crippen LogP contribution in [0.5, 0.6) is 0 Å². The number of carboxylic acid groups (broad SMARTS) is 1. The monoisotopic (exact) mass is 400 g/mol. The topological polar surface area (TPSA) is 96.3 Å². The molecule has 0 bridgehead atoms. The van der Waals surface area contributed by atoms with Crippen molar-refractivity contribution >= 4 is 22.7 Å². The van der Waals surface area contributed by atoms with Crippen LogP contribution in [0, 0.1) is 11.3 Å². The van der Waals surface area contributed by atoms with Gasteiger partial charge in [-0.15, -0.1) is 0 Å². The molecule has 0 amide bonds. The van der Waals surface area contributed by atoms with Crippen molar-refractivity contribution in [3.63, 3.8) is 0 Å². The van der Waals surface area contributed by atoms with Crippen LogP contribution >= 0.6 is 0 Å². The number of para-hydroxylation sites is 1. The van der Waals surface area contributed by atoms with Crippen molar-refractivity contribution in [3.8, 4) is 0 Å². The predicted molar refractivity (Wildman–Crippen MR) is 115 cm³/mol. The van der Waals surface area contributed by atoms with Crippen molar-refractivity contribution in [2.24, 2.45) is 11.3 Å². The van der Waals surface area contributed by atoms with Crippen LogP contribution in [-0.2, 0) is 4.79 Å². The Morgan fingerprint density at radius 2 is 1.97 bits per heavy atom. The van der Waals surface area contributed by atoms with Crippen LogP contribution in [0.1, 0.15) is 53.0 Å². The summed E-state index contributed by atoms with van der Waals surface area (Å²) in [7, 11) is 0. The molecule has 1 aromatic carbocycles. The van der Waals surface area contributed by atoms with Gasteiger partial charge < -0.3 is 15.7 Å². The number of piperidine rings is 1. The summed E-state index contributed by atoms with van der Waals surface area (Å²) in [5.74, 6) is -0.195. The Hall–Kier alpha value is -2.41. The minimum absolute atomic E-state index is 0.0286. The number of fused-ring (bicyclic) bond motifs is 1. The maximum absolute atomic E-state index is 13.0. The number of nitrogens with zero attached hydrogens (tertiary/aromatic N) is 2. The number of rotatable bonds is 6. The van der Waals surface area contributed by atoms with E-state index in [1.807, 2.05) is 45.0 Å². The number of anilines is 1. The number of benzene rings is 1. The van der Waals surface area contributed by atoms with Crippen LogP contribution in [0.25, 0.3) is 10.9 Å². The maximum Gasteiger partial charge on any atom is 0.350 e. The quantitative estimate of drug-likeness (QED) is 0.689. The van der Waals surface area contributed by atoms with Crippen LogP contribution in [0.4, 0.5) is 5.82 Å². The molecule has 2 aromatic rings. The molecule has 3 rings (SSSR count). The molecule has 7 heteroatoms. The number of aromatic nitrogens is 2. The van der Waals surface area contributed by atoms with Crippen molar-refractivity contribution in [1.82, 2.24) is 14.9 Å². The van der Waals surface area contributed by atoms with E-state index in [0.29, 0.717) is 18.2 Å². The average molecular weight is 401 g/mol. The Morgan fingerprint density at radius 1 is 1.31 bits per heavy atom. The third kappa shape index (κ3) is 4.96. The minimum Gasteiger partial charge on any atom is -0.480 e. The lowest BCUT2D eigenvalue weighted by Crippen LogP contribution is -2.38. The normalized spacial score (nSPS) is 17.8. The number of aliphatic carboxylic acids is 1. The summed E-state index contributed by atoms with van der Waals surface area (Å²) < 4.78 is 1.77. The Balaban J connectivity index is 2.03. The van der Waals surface area contributed by atoms with Crippen LogP contribution in [0.15, 0.2) is 29.1 Å². The summed E-state index contributed by atoms with van der Waals surface area (Å²) in [6, 6.07) is 6.82. The van der Waals surface area contributed by atoms with Gasteiger partial charge >= 0.3 is 11.7 Å². The van der Waals surface area contributed by atoms with Gasteiger partial charge in [0.15, 0.2) is 0 Å². The van der Waals surface area contributed by atoms with E-state index in [1.54, 1.807) is 4.57 Å². The molecule has 1 aliphatic rings. The zero-order chi connectivity index (χ0) is 21.2. The van der Waals surface area contributed by atoms with E-state index in [1.165, 1.54) is 0 Å². The standard InChI is InChI=1S/C22H32N4O3/c1-14(15-9-11-23-12-10-15)26-18-8-6-5-7-16(18)19(25-21(26)29)24-17(20(27)28)13-22(2,3)4/h5-8,14-15,17,23H,9-13H2,1-4H3,(H,27,28)(H,24,25,29). The summed E-state index contributed by atoms with van der Waals surface area (Å²) in [6.07, 6.45) is 2.47. The number of carbonyl (C=O) groups is 1. The molecule has 2 heterocycles. The highest BCUT2D eigenvalue weighted by Gasteiger charge is 2.28. The zero-order valence-electron chi connectivity index (χ0n) is 17.7. The SMILES string of the molecule is CC(C1CCNCC1)n1c(=O)nc(NC(CC(C)(C)C)C(=O)O)c2ccccc21. The third-order valence-corrected chi connectivity index (χ3v) is 5.73. The Morgan fingerprint density at radius 3 is 2.59 bits per heavy atom. The lowest BCUT2D eigenvalue weighted by Gasteiger charge is -2.30. The molecule has 29 heavy (non-hydrogen) atoms. The van der Waals surface area contributed by atoms with Gasteiger partial charge in [-0.2, -0.15) is 4.98 Å². The smallest absolute Gasteiger partial charge is 0.350 e. The Labute approximate surface area is 171 Å². The molecule has 1 aromatic heterocycles. The molecular weight excluding hydrogens is 368 g/mol. The number of hydrogen-bond acceptors (Lipinski definition) is 5. The Bertz CT molecular complexity index is 926. The number of nitrogens with one attached hydrogen (secondary N) is 2. The Kier molecular flexibility index (Phi) is 6.27. The van der Waals surface area contributed by atoms with Crippen molar-refractivity contribution in [2.45, 2.75) is 59.0 Å². The van der Waals surface area contributed by atoms with Crippen molar-refractivity contribution in [3.05, 3.63) is 34.7 Å². The first-order valence-electron chi connectivity index (χ1n) is 10.4. The van der Waals surface area contributed by atoms with Crippen LogP contribution in [-0.4, -0.2) is 39.8 Å². The summed E-state index contributed by atoms with van der Waals surface area (Å²) in [4.78, 5) is 29.1. The van der Waals surface area contributed by atoms with Gasteiger partial charge in [-0.3, -0.25) is 4.57 Å². The van der Waals surface area contributed by atoms with E-state index >= 15 is 0 Å². The van der Waals surface area contributed by atoms with Crippen molar-refractivity contribution in [2.75, 3.05) is 18.4 Å². The second-order valence-electron chi connectivity index (χ2n) is 9.26. The highest BCUT2D eigenvalue weighted by Crippen LogP contribution is 2.30. The van der Waals surface area contributed by atoms with Gasteiger partial charge in [0.1, 0.15) is 11.9 Å². The molecule has 0 aliphatic carbocycles. The van der Waals surface area contributed by atoms with E-state index < -0.39 is 12.0 Å². The van der Waals surface area contributed by atoms with Gasteiger partial charge in [-0.25, -0.2) is 9.59 Å². The largest absolute Gasteiger partial charge is 0.480 e. The highest BCUT2D eigenvalue weighted by molar-refractivity contribution is 5.91. The summed E-state index contributed by atoms with van der Waals surface area (Å²) in [5.41, 5.74) is 0.280. The molecule has 1 aliphatic heterocycles. The van der Waals surface area contributed by atoms with Gasteiger partial charge in [0.25, 0.3) is 0 Å². The molecular formula is C22H32N4O3. The first-order chi connectivity index (χ1) is 13.7. The maximum atomic E-state index is 13.0. The predicted octanol–water partition coefficient (Wildman–Crippen LogP) is 3.26. The molecule has 2 atom stereocenters. The fraction of sp³-hybridized carbons (Fsp3) is 0.591. The number of hydrogen-bond donors (Lipinski definition) is 3. The first-order valence-corrected chi connectivity index (χ1v) is 10.4. The molecule has 0 saturated carbocycles. The highest BCUT2D eigenvalue weighted by atomic mass is 16.4. The van der Waals surface area contributed by atoms with E-state index in [-0.39, 0.29) is 17.1 Å². The van der Waals surface area contributed by atoms with E-state index in [9.17, 15) is 14.7 Å². The van der Waals surface area contributed by atoms with Gasteiger partial charge in [-0.05, 0) is 62.7 Å². The minimum atomic E-state index is -0.946. The van der Waals surface area contributed by atoms with Crippen LogP contribution in [0.2, 0.25) is 0 Å². The van der Waals surface area contributed by atoms with Gasteiger partial charge in [0.05, 0.1) is 5.52 Å². The molecule has 3 N–H and O–H groups in total. The van der Waals surface area contributed by atoms with E-state index in [4.69, 9.17) is 0 Å². The summed E-state index contributed by atoms with van der Waals surface area (Å²) in [5, 5.41) is 16.8. The van der Waals surface area contributed by atoms with Crippen LogP contribution < -0.4 is 16.3 Å². The number of carboxylic acids is 1. The van der Waals surface area contributed by atoms with Gasteiger partial charge in [0.2, 0.25) is 0 Å². The summed E-state index contributed by atoms with van der Waals surface area (Å²) >= 11 is 0. The first kappa shape index (κ1) is 21.3. The van der Waals surface area contributed by atoms with Crippen LogP contribution in [0.3, 0.4) is 0 Å². The van der Waals surface area contributed by atoms with Gasteiger partial charge in [0, 0.05) is 11.4 Å². The molecule has 2 unspecified atom stereocenters.